The highest BCUT2D eigenvalue weighted by molar-refractivity contribution is 5.46. The fourth-order valence-electron chi connectivity index (χ4n) is 2.08. The summed E-state index contributed by atoms with van der Waals surface area (Å²) in [4.78, 5) is 0. The van der Waals surface area contributed by atoms with Crippen LogP contribution in [0.4, 0.5) is 0 Å². The molecule has 0 aliphatic carbocycles. The predicted molar refractivity (Wildman–Crippen MR) is 57.8 cm³/mol. The van der Waals surface area contributed by atoms with Gasteiger partial charge in [-0.15, -0.1) is 0 Å². The van der Waals surface area contributed by atoms with Crippen LogP contribution in [-0.2, 0) is 0 Å². The SMILES string of the molecule is COc1c(C)cc(C)cc1[C@@H]1CCN1. The summed E-state index contributed by atoms with van der Waals surface area (Å²) in [6, 6.07) is 4.90. The number of hydrogen-bond acceptors (Lipinski definition) is 2. The Balaban J connectivity index is 2.44. The van der Waals surface area contributed by atoms with Gasteiger partial charge in [-0.25, -0.2) is 0 Å². The Hall–Kier alpha value is -1.02. The molecule has 2 rings (SSSR count). The molecular weight excluding hydrogens is 174 g/mol. The van der Waals surface area contributed by atoms with Crippen LogP contribution in [0, 0.1) is 13.8 Å². The Morgan fingerprint density at radius 3 is 2.57 bits per heavy atom. The van der Waals surface area contributed by atoms with Crippen LogP contribution < -0.4 is 10.1 Å². The lowest BCUT2D eigenvalue weighted by Crippen LogP contribution is -2.35. The third-order valence-electron chi connectivity index (χ3n) is 2.85. The quantitative estimate of drug-likeness (QED) is 0.774. The van der Waals surface area contributed by atoms with Gasteiger partial charge in [0.05, 0.1) is 7.11 Å². The minimum atomic E-state index is 0.503. The van der Waals surface area contributed by atoms with Crippen molar-refractivity contribution in [2.75, 3.05) is 13.7 Å². The molecule has 1 aromatic carbocycles. The van der Waals surface area contributed by atoms with Crippen LogP contribution in [0.2, 0.25) is 0 Å². The molecule has 1 aromatic rings. The predicted octanol–water partition coefficient (Wildman–Crippen LogP) is 2.35. The van der Waals surface area contributed by atoms with Crippen molar-refractivity contribution in [1.29, 1.82) is 0 Å². The molecule has 1 fully saturated rings. The van der Waals surface area contributed by atoms with E-state index in [1.807, 2.05) is 0 Å². The van der Waals surface area contributed by atoms with Crippen molar-refractivity contribution in [2.24, 2.45) is 0 Å². The first-order chi connectivity index (χ1) is 6.72. The molecule has 0 amide bonds. The van der Waals surface area contributed by atoms with Crippen LogP contribution in [0.1, 0.15) is 29.2 Å². The normalized spacial score (nSPS) is 20.4. The summed E-state index contributed by atoms with van der Waals surface area (Å²) in [5.74, 6) is 1.05. The van der Waals surface area contributed by atoms with E-state index in [1.54, 1.807) is 7.11 Å². The second kappa shape index (κ2) is 3.62. The summed E-state index contributed by atoms with van der Waals surface area (Å²) >= 11 is 0. The number of benzene rings is 1. The lowest BCUT2D eigenvalue weighted by atomic mass is 9.93. The Kier molecular flexibility index (Phi) is 2.46. The average molecular weight is 191 g/mol. The van der Waals surface area contributed by atoms with Crippen molar-refractivity contribution in [3.8, 4) is 5.75 Å². The lowest BCUT2D eigenvalue weighted by Gasteiger charge is -2.30. The average Bonchev–Trinajstić information content (AvgIpc) is 1.99. The Bertz CT molecular complexity index is 342. The molecule has 14 heavy (non-hydrogen) atoms. The van der Waals surface area contributed by atoms with Gasteiger partial charge in [0.15, 0.2) is 0 Å². The highest BCUT2D eigenvalue weighted by Gasteiger charge is 2.22. The maximum absolute atomic E-state index is 5.45. The van der Waals surface area contributed by atoms with E-state index in [-0.39, 0.29) is 0 Å². The molecule has 0 saturated carbocycles. The van der Waals surface area contributed by atoms with E-state index in [2.05, 4.69) is 31.3 Å². The smallest absolute Gasteiger partial charge is 0.126 e. The van der Waals surface area contributed by atoms with E-state index >= 15 is 0 Å². The molecule has 1 aliphatic heterocycles. The molecule has 1 heterocycles. The summed E-state index contributed by atoms with van der Waals surface area (Å²) in [6.45, 7) is 5.36. The molecule has 1 saturated heterocycles. The van der Waals surface area contributed by atoms with Gasteiger partial charge < -0.3 is 10.1 Å². The fraction of sp³-hybridized carbons (Fsp3) is 0.500. The molecule has 1 N–H and O–H groups in total. The van der Waals surface area contributed by atoms with Crippen molar-refractivity contribution in [3.05, 3.63) is 28.8 Å². The van der Waals surface area contributed by atoms with Crippen molar-refractivity contribution >= 4 is 0 Å². The van der Waals surface area contributed by atoms with Crippen LogP contribution in [0.3, 0.4) is 0 Å². The van der Waals surface area contributed by atoms with E-state index in [0.29, 0.717) is 6.04 Å². The molecule has 0 aromatic heterocycles. The van der Waals surface area contributed by atoms with E-state index in [0.717, 1.165) is 12.3 Å². The van der Waals surface area contributed by atoms with Gasteiger partial charge in [-0.3, -0.25) is 0 Å². The van der Waals surface area contributed by atoms with Crippen molar-refractivity contribution in [1.82, 2.24) is 5.32 Å². The van der Waals surface area contributed by atoms with Crippen molar-refractivity contribution in [2.45, 2.75) is 26.3 Å². The largest absolute Gasteiger partial charge is 0.496 e. The monoisotopic (exact) mass is 191 g/mol. The van der Waals surface area contributed by atoms with Crippen molar-refractivity contribution in [3.63, 3.8) is 0 Å². The van der Waals surface area contributed by atoms with Crippen LogP contribution in [0.25, 0.3) is 0 Å². The molecule has 0 spiro atoms. The zero-order valence-electron chi connectivity index (χ0n) is 9.05. The van der Waals surface area contributed by atoms with Gasteiger partial charge in [0.25, 0.3) is 0 Å². The van der Waals surface area contributed by atoms with Crippen LogP contribution >= 0.6 is 0 Å². The van der Waals surface area contributed by atoms with Gasteiger partial charge in [0, 0.05) is 11.6 Å². The zero-order chi connectivity index (χ0) is 10.1. The second-order valence-corrected chi connectivity index (χ2v) is 4.00. The molecule has 2 heteroatoms. The van der Waals surface area contributed by atoms with Gasteiger partial charge in [-0.2, -0.15) is 0 Å². The first-order valence-electron chi connectivity index (χ1n) is 5.11. The molecule has 0 bridgehead atoms. The Morgan fingerprint density at radius 2 is 2.07 bits per heavy atom. The molecule has 2 nitrogen and oxygen atoms in total. The summed E-state index contributed by atoms with van der Waals surface area (Å²) in [6.07, 6.45) is 1.22. The molecule has 1 atom stereocenters. The number of rotatable bonds is 2. The number of nitrogens with one attached hydrogen (secondary N) is 1. The molecule has 0 unspecified atom stereocenters. The third kappa shape index (κ3) is 1.50. The minimum Gasteiger partial charge on any atom is -0.496 e. The van der Waals surface area contributed by atoms with Gasteiger partial charge in [0.1, 0.15) is 5.75 Å². The van der Waals surface area contributed by atoms with Crippen molar-refractivity contribution < 1.29 is 4.74 Å². The van der Waals surface area contributed by atoms with Gasteiger partial charge in [-0.05, 0) is 32.4 Å². The highest BCUT2D eigenvalue weighted by Crippen LogP contribution is 2.34. The molecule has 1 aliphatic rings. The minimum absolute atomic E-state index is 0.503. The molecule has 76 valence electrons. The van der Waals surface area contributed by atoms with E-state index in [4.69, 9.17) is 4.74 Å². The van der Waals surface area contributed by atoms with Crippen LogP contribution in [0.5, 0.6) is 5.75 Å². The third-order valence-corrected chi connectivity index (χ3v) is 2.85. The van der Waals surface area contributed by atoms with Gasteiger partial charge >= 0.3 is 0 Å². The topological polar surface area (TPSA) is 21.3 Å². The summed E-state index contributed by atoms with van der Waals surface area (Å²) in [7, 11) is 1.75. The summed E-state index contributed by atoms with van der Waals surface area (Å²) in [5, 5.41) is 3.41. The molecular formula is C12H17NO. The van der Waals surface area contributed by atoms with E-state index in [9.17, 15) is 0 Å². The second-order valence-electron chi connectivity index (χ2n) is 4.00. The number of hydrogen-bond donors (Lipinski definition) is 1. The first kappa shape index (κ1) is 9.53. The Labute approximate surface area is 85.3 Å². The van der Waals surface area contributed by atoms with Gasteiger partial charge in [0.2, 0.25) is 0 Å². The fourth-order valence-corrected chi connectivity index (χ4v) is 2.08. The highest BCUT2D eigenvalue weighted by atomic mass is 16.5. The summed E-state index contributed by atoms with van der Waals surface area (Å²) in [5.41, 5.74) is 3.86. The first-order valence-corrected chi connectivity index (χ1v) is 5.11. The molecule has 0 radical (unpaired) electrons. The number of aryl methyl sites for hydroxylation is 2. The van der Waals surface area contributed by atoms with Crippen LogP contribution in [-0.4, -0.2) is 13.7 Å². The zero-order valence-corrected chi connectivity index (χ0v) is 9.05. The van der Waals surface area contributed by atoms with E-state index in [1.165, 1.54) is 23.1 Å². The standard InChI is InChI=1S/C12H17NO/c1-8-6-9(2)12(14-3)10(7-8)11-4-5-13-11/h6-7,11,13H,4-5H2,1-3H3/t11-/m0/s1. The summed E-state index contributed by atoms with van der Waals surface area (Å²) < 4.78 is 5.45. The maximum Gasteiger partial charge on any atom is 0.126 e. The van der Waals surface area contributed by atoms with Crippen LogP contribution in [0.15, 0.2) is 12.1 Å². The van der Waals surface area contributed by atoms with E-state index < -0.39 is 0 Å². The maximum atomic E-state index is 5.45. The Morgan fingerprint density at radius 1 is 1.36 bits per heavy atom. The van der Waals surface area contributed by atoms with Gasteiger partial charge in [-0.1, -0.05) is 17.7 Å². The number of ether oxygens (including phenoxy) is 1. The lowest BCUT2D eigenvalue weighted by molar-refractivity contribution is 0.352. The number of methoxy groups -OCH3 is 1.